The second kappa shape index (κ2) is 23.7. The van der Waals surface area contributed by atoms with Crippen LogP contribution in [0, 0.1) is 10.8 Å². The van der Waals surface area contributed by atoms with Gasteiger partial charge in [-0.05, 0) is 69.8 Å². The molecule has 2 aliphatic rings. The van der Waals surface area contributed by atoms with Crippen molar-refractivity contribution in [3.05, 3.63) is 108 Å². The Kier molecular flexibility index (Phi) is 17.6. The first-order chi connectivity index (χ1) is 36.0. The highest BCUT2D eigenvalue weighted by molar-refractivity contribution is 5.95. The summed E-state index contributed by atoms with van der Waals surface area (Å²) in [6.07, 6.45) is 4.11. The minimum Gasteiger partial charge on any atom is -0.348 e. The molecule has 0 unspecified atom stereocenters. The number of benzene rings is 3. The molecule has 6 amide bonds. The zero-order chi connectivity index (χ0) is 55.2. The largest absolute Gasteiger partial charge is 0.348 e. The molecule has 7 rings (SSSR count). The summed E-state index contributed by atoms with van der Waals surface area (Å²) in [5.41, 5.74) is 3.02. The average Bonchev–Trinajstić information content (AvgIpc) is 4.28. The molecular weight excluding hydrogens is 965 g/mol. The van der Waals surface area contributed by atoms with Gasteiger partial charge in [0.15, 0.2) is 0 Å². The Balaban J connectivity index is 1.12. The smallest absolute Gasteiger partial charge is 0.246 e. The monoisotopic (exact) mass is 1040 g/mol. The number of hydrogen-bond acceptors (Lipinski definition) is 12. The molecule has 20 heteroatoms. The summed E-state index contributed by atoms with van der Waals surface area (Å²) in [5, 5.41) is 36.2. The minimum absolute atomic E-state index is 0.145. The lowest BCUT2D eigenvalue weighted by Gasteiger charge is -2.36. The van der Waals surface area contributed by atoms with E-state index in [0.717, 1.165) is 22.3 Å². The lowest BCUT2D eigenvalue weighted by molar-refractivity contribution is -0.144. The van der Waals surface area contributed by atoms with E-state index in [2.05, 4.69) is 52.5 Å². The predicted octanol–water partition coefficient (Wildman–Crippen LogP) is 4.52. The standard InChI is InChI=1S/C56H76N14O6/c1-33(37-20-15-13-16-21-37)59-51(73)45-27-41(29-67(45)53(75)47(55(5,6)7)61-49(71)35(3)57-11)69-31-43(63-65-69)39-24-19-25-40(26-39)44-32-70(66-64-44)42-28-46(52(74)60-34(2)38-22-17-14-18-23-38)68(30-42)54(76)48(56(8,9)10)62-50(72)36(4)58-12/h13-26,31-36,41-42,45-48,57-58H,27-30H2,1-12H3,(H,59,73)(H,60,74)(H,61,71)(H,62,72)/t33-,34-,35+,36+,41+,42+,45+,46+,47-,48-/m1/s1. The third-order valence-electron chi connectivity index (χ3n) is 14.7. The van der Waals surface area contributed by atoms with E-state index in [1.54, 1.807) is 59.5 Å². The van der Waals surface area contributed by atoms with Gasteiger partial charge in [-0.1, -0.05) is 131 Å². The second-order valence-corrected chi connectivity index (χ2v) is 22.5. The summed E-state index contributed by atoms with van der Waals surface area (Å²) >= 11 is 0. The number of aromatic nitrogens is 6. The average molecular weight is 1040 g/mol. The molecule has 0 aliphatic carbocycles. The van der Waals surface area contributed by atoms with Gasteiger partial charge in [-0.3, -0.25) is 28.8 Å². The van der Waals surface area contributed by atoms with Gasteiger partial charge in [0.2, 0.25) is 35.4 Å². The van der Waals surface area contributed by atoms with Crippen molar-refractivity contribution in [2.75, 3.05) is 27.2 Å². The first-order valence-corrected chi connectivity index (χ1v) is 26.2. The molecule has 2 aromatic heterocycles. The van der Waals surface area contributed by atoms with Crippen molar-refractivity contribution in [3.63, 3.8) is 0 Å². The summed E-state index contributed by atoms with van der Waals surface area (Å²) in [6, 6.07) is 20.6. The topological polar surface area (TPSA) is 242 Å². The van der Waals surface area contributed by atoms with Gasteiger partial charge in [0.05, 0.1) is 48.6 Å². The molecule has 6 N–H and O–H groups in total. The quantitative estimate of drug-likeness (QED) is 0.0710. The lowest BCUT2D eigenvalue weighted by atomic mass is 9.85. The number of rotatable bonds is 18. The molecule has 3 aromatic carbocycles. The molecule has 0 spiro atoms. The van der Waals surface area contributed by atoms with Gasteiger partial charge in [0, 0.05) is 37.1 Å². The first kappa shape index (κ1) is 56.4. The van der Waals surface area contributed by atoms with E-state index in [4.69, 9.17) is 0 Å². The van der Waals surface area contributed by atoms with Crippen LogP contribution in [0.5, 0.6) is 0 Å². The van der Waals surface area contributed by atoms with E-state index in [1.165, 1.54) is 0 Å². The normalized spacial score (nSPS) is 20.2. The number of carbonyl (C=O) groups excluding carboxylic acids is 6. The van der Waals surface area contributed by atoms with Crippen molar-refractivity contribution in [3.8, 4) is 22.5 Å². The fourth-order valence-electron chi connectivity index (χ4n) is 9.70. The van der Waals surface area contributed by atoms with Crippen LogP contribution in [0.25, 0.3) is 22.5 Å². The Hall–Kier alpha value is -7.32. The molecule has 4 heterocycles. The minimum atomic E-state index is -0.930. The van der Waals surface area contributed by atoms with Crippen LogP contribution in [0.3, 0.4) is 0 Å². The maximum atomic E-state index is 14.7. The molecule has 2 fully saturated rings. The lowest BCUT2D eigenvalue weighted by Crippen LogP contribution is -2.59. The number of amides is 6. The van der Waals surface area contributed by atoms with Crippen LogP contribution in [-0.2, 0) is 28.8 Å². The third kappa shape index (κ3) is 13.0. The van der Waals surface area contributed by atoms with Crippen molar-refractivity contribution in [1.82, 2.24) is 71.7 Å². The molecule has 406 valence electrons. The molecular formula is C56H76N14O6. The van der Waals surface area contributed by atoms with E-state index in [-0.39, 0.29) is 73.5 Å². The number of carbonyl (C=O) groups is 6. The van der Waals surface area contributed by atoms with Crippen molar-refractivity contribution in [2.45, 2.75) is 142 Å². The Bertz CT molecular complexity index is 2650. The molecule has 0 bridgehead atoms. The fourth-order valence-corrected chi connectivity index (χ4v) is 9.70. The first-order valence-electron chi connectivity index (χ1n) is 26.2. The molecule has 0 radical (unpaired) electrons. The van der Waals surface area contributed by atoms with Crippen LogP contribution in [0.2, 0.25) is 0 Å². The van der Waals surface area contributed by atoms with Gasteiger partial charge in [0.25, 0.3) is 0 Å². The molecule has 20 nitrogen and oxygen atoms in total. The Morgan fingerprint density at radius 2 is 0.895 bits per heavy atom. The zero-order valence-electron chi connectivity index (χ0n) is 45.9. The van der Waals surface area contributed by atoms with Crippen molar-refractivity contribution in [2.24, 2.45) is 10.8 Å². The molecule has 5 aromatic rings. The van der Waals surface area contributed by atoms with Crippen molar-refractivity contribution < 1.29 is 28.8 Å². The number of nitrogens with one attached hydrogen (secondary N) is 6. The van der Waals surface area contributed by atoms with Gasteiger partial charge < -0.3 is 41.7 Å². The van der Waals surface area contributed by atoms with Crippen LogP contribution < -0.4 is 31.9 Å². The van der Waals surface area contributed by atoms with Crippen LogP contribution in [0.1, 0.15) is 117 Å². The van der Waals surface area contributed by atoms with E-state index < -0.39 is 59.2 Å². The Morgan fingerprint density at radius 3 is 1.24 bits per heavy atom. The fraction of sp³-hybridized carbons (Fsp3) is 0.500. The summed E-state index contributed by atoms with van der Waals surface area (Å²) < 4.78 is 3.38. The highest BCUT2D eigenvalue weighted by Gasteiger charge is 2.48. The molecule has 2 saturated heterocycles. The summed E-state index contributed by atoms with van der Waals surface area (Å²) in [7, 11) is 3.35. The van der Waals surface area contributed by atoms with E-state index in [9.17, 15) is 28.8 Å². The van der Waals surface area contributed by atoms with Crippen LogP contribution in [0.4, 0.5) is 0 Å². The number of likely N-dealkylation sites (tertiary alicyclic amines) is 2. The van der Waals surface area contributed by atoms with Gasteiger partial charge in [-0.15, -0.1) is 10.2 Å². The van der Waals surface area contributed by atoms with Crippen LogP contribution in [0.15, 0.2) is 97.3 Å². The highest BCUT2D eigenvalue weighted by Crippen LogP contribution is 2.35. The van der Waals surface area contributed by atoms with Gasteiger partial charge in [0.1, 0.15) is 35.6 Å². The van der Waals surface area contributed by atoms with Crippen molar-refractivity contribution >= 4 is 35.4 Å². The number of hydrogen-bond donors (Lipinski definition) is 6. The number of nitrogens with zero attached hydrogens (tertiary/aromatic N) is 8. The summed E-state index contributed by atoms with van der Waals surface area (Å²) in [4.78, 5) is 87.4. The maximum absolute atomic E-state index is 14.7. The molecule has 0 saturated carbocycles. The van der Waals surface area contributed by atoms with E-state index in [1.807, 2.05) is 140 Å². The van der Waals surface area contributed by atoms with Crippen LogP contribution in [-0.4, -0.2) is 139 Å². The SMILES string of the molecule is CN[C@@H](C)C(=O)N[C@H](C(=O)N1C[C@@H](n2cc(-c3cccc(-c4cn([C@H]5C[C@@H](C(=O)N[C@H](C)c6ccccc6)N(C(=O)[C@@H](NC(=O)[C@H](C)NC)C(C)(C)C)C5)nn4)c3)nn2)C[C@H]1C(=O)N[C@H](C)c1ccccc1)C(C)(C)C. The van der Waals surface area contributed by atoms with Crippen molar-refractivity contribution in [1.29, 1.82) is 0 Å². The predicted molar refractivity (Wildman–Crippen MR) is 289 cm³/mol. The Labute approximate surface area is 445 Å². The van der Waals surface area contributed by atoms with Gasteiger partial charge >= 0.3 is 0 Å². The van der Waals surface area contributed by atoms with E-state index in [0.29, 0.717) is 11.4 Å². The van der Waals surface area contributed by atoms with Crippen LogP contribution >= 0.6 is 0 Å². The summed E-state index contributed by atoms with van der Waals surface area (Å²) in [6.45, 7) is 18.8. The van der Waals surface area contributed by atoms with Gasteiger partial charge in [-0.25, -0.2) is 9.36 Å². The maximum Gasteiger partial charge on any atom is 0.246 e. The Morgan fingerprint density at radius 1 is 0.526 bits per heavy atom. The third-order valence-corrected chi connectivity index (χ3v) is 14.7. The summed E-state index contributed by atoms with van der Waals surface area (Å²) in [5.74, 6) is -2.04. The van der Waals surface area contributed by atoms with Gasteiger partial charge in [-0.2, -0.15) is 0 Å². The zero-order valence-corrected chi connectivity index (χ0v) is 45.9. The van der Waals surface area contributed by atoms with E-state index >= 15 is 0 Å². The molecule has 76 heavy (non-hydrogen) atoms. The second-order valence-electron chi connectivity index (χ2n) is 22.5. The molecule has 10 atom stereocenters. The molecule has 2 aliphatic heterocycles. The highest BCUT2D eigenvalue weighted by atomic mass is 16.2. The number of likely N-dealkylation sites (N-methyl/N-ethyl adjacent to an activating group) is 2.